The Labute approximate surface area is 121 Å². The molecule has 108 valence electrons. The lowest BCUT2D eigenvalue weighted by Crippen LogP contribution is -2.42. The minimum Gasteiger partial charge on any atom is -0.385 e. The molecule has 1 aromatic rings. The lowest BCUT2D eigenvalue weighted by atomic mass is 9.86. The van der Waals surface area contributed by atoms with Crippen LogP contribution in [0.4, 0.5) is 5.69 Å². The summed E-state index contributed by atoms with van der Waals surface area (Å²) in [5.74, 6) is 0.830. The van der Waals surface area contributed by atoms with Crippen molar-refractivity contribution in [2.45, 2.75) is 51.5 Å². The molecule has 1 fully saturated rings. The van der Waals surface area contributed by atoms with Gasteiger partial charge in [-0.25, -0.2) is 0 Å². The summed E-state index contributed by atoms with van der Waals surface area (Å²) in [6.45, 7) is 5.27. The van der Waals surface area contributed by atoms with Crippen LogP contribution in [0.25, 0.3) is 0 Å². The van der Waals surface area contributed by atoms with Crippen molar-refractivity contribution in [2.24, 2.45) is 5.92 Å². The average Bonchev–Trinajstić information content (AvgIpc) is 3.21. The number of carbonyl (C=O) groups is 1. The number of fused-ring (bicyclic) bond motifs is 1. The fourth-order valence-corrected chi connectivity index (χ4v) is 3.15. The van der Waals surface area contributed by atoms with Crippen LogP contribution in [0.5, 0.6) is 0 Å². The third-order valence-electron chi connectivity index (χ3n) is 4.39. The Hall–Kier alpha value is -1.51. The number of carbonyl (C=O) groups excluding carboxylic acids is 1. The first-order valence-corrected chi connectivity index (χ1v) is 7.73. The normalized spacial score (nSPS) is 18.1. The van der Waals surface area contributed by atoms with Gasteiger partial charge in [0.1, 0.15) is 0 Å². The van der Waals surface area contributed by atoms with E-state index in [0.29, 0.717) is 12.3 Å². The molecule has 1 saturated carbocycles. The number of anilines is 1. The molecular weight excluding hydrogens is 248 g/mol. The number of benzene rings is 1. The lowest BCUT2D eigenvalue weighted by molar-refractivity contribution is -0.123. The summed E-state index contributed by atoms with van der Waals surface area (Å²) >= 11 is 0. The maximum absolute atomic E-state index is 12.1. The summed E-state index contributed by atoms with van der Waals surface area (Å²) in [4.78, 5) is 12.1. The lowest BCUT2D eigenvalue weighted by Gasteiger charge is -2.32. The molecule has 1 aromatic carbocycles. The van der Waals surface area contributed by atoms with Crippen LogP contribution in [-0.4, -0.2) is 12.5 Å². The monoisotopic (exact) mass is 272 g/mol. The Morgan fingerprint density at radius 1 is 1.40 bits per heavy atom. The van der Waals surface area contributed by atoms with Crippen LogP contribution in [0.15, 0.2) is 18.2 Å². The maximum Gasteiger partial charge on any atom is 0.220 e. The molecule has 0 bridgehead atoms. The number of nitrogens with one attached hydrogen (secondary N) is 2. The smallest absolute Gasteiger partial charge is 0.220 e. The zero-order valence-corrected chi connectivity index (χ0v) is 12.5. The van der Waals surface area contributed by atoms with Gasteiger partial charge >= 0.3 is 0 Å². The van der Waals surface area contributed by atoms with E-state index >= 15 is 0 Å². The quantitative estimate of drug-likeness (QED) is 0.883. The fourth-order valence-electron chi connectivity index (χ4n) is 3.15. The first-order chi connectivity index (χ1) is 9.56. The zero-order chi connectivity index (χ0) is 14.2. The number of hydrogen-bond donors (Lipinski definition) is 2. The van der Waals surface area contributed by atoms with Crippen molar-refractivity contribution in [3.05, 3.63) is 29.3 Å². The summed E-state index contributed by atoms with van der Waals surface area (Å²) in [5.41, 5.74) is 3.57. The van der Waals surface area contributed by atoms with E-state index in [2.05, 4.69) is 42.7 Å². The van der Waals surface area contributed by atoms with E-state index in [1.54, 1.807) is 0 Å². The minimum absolute atomic E-state index is 0.193. The highest BCUT2D eigenvalue weighted by atomic mass is 16.1. The van der Waals surface area contributed by atoms with Gasteiger partial charge in [-0.15, -0.1) is 0 Å². The molecular formula is C17H24N2O. The van der Waals surface area contributed by atoms with E-state index in [-0.39, 0.29) is 11.4 Å². The molecule has 1 amide bonds. The van der Waals surface area contributed by atoms with Crippen molar-refractivity contribution in [2.75, 3.05) is 11.9 Å². The Bertz CT molecular complexity index is 518. The van der Waals surface area contributed by atoms with Gasteiger partial charge < -0.3 is 10.6 Å². The van der Waals surface area contributed by atoms with Gasteiger partial charge in [0.2, 0.25) is 5.91 Å². The van der Waals surface area contributed by atoms with Gasteiger partial charge in [-0.05, 0) is 62.6 Å². The van der Waals surface area contributed by atoms with Crippen molar-refractivity contribution >= 4 is 11.6 Å². The maximum atomic E-state index is 12.1. The van der Waals surface area contributed by atoms with E-state index in [1.807, 2.05) is 0 Å². The second-order valence-electron chi connectivity index (χ2n) is 6.68. The van der Waals surface area contributed by atoms with Crippen LogP contribution in [0, 0.1) is 5.92 Å². The summed E-state index contributed by atoms with van der Waals surface area (Å²) < 4.78 is 0. The van der Waals surface area contributed by atoms with E-state index in [9.17, 15) is 4.79 Å². The topological polar surface area (TPSA) is 41.1 Å². The van der Waals surface area contributed by atoms with E-state index in [4.69, 9.17) is 0 Å². The molecule has 2 N–H and O–H groups in total. The molecule has 0 spiro atoms. The molecule has 3 nitrogen and oxygen atoms in total. The average molecular weight is 272 g/mol. The van der Waals surface area contributed by atoms with E-state index < -0.39 is 0 Å². The number of rotatable bonds is 4. The standard InChI is InChI=1S/C17H24N2O/c1-17(2,19-16(20)11-12-8-9-12)14-6-3-7-15-13(14)5-4-10-18-15/h3,6-7,12,18H,4-5,8-11H2,1-2H3,(H,19,20). The second-order valence-corrected chi connectivity index (χ2v) is 6.68. The van der Waals surface area contributed by atoms with Gasteiger partial charge in [0.25, 0.3) is 0 Å². The van der Waals surface area contributed by atoms with Crippen LogP contribution in [0.2, 0.25) is 0 Å². The highest BCUT2D eigenvalue weighted by Crippen LogP contribution is 2.34. The minimum atomic E-state index is -0.295. The Kier molecular flexibility index (Phi) is 3.45. The van der Waals surface area contributed by atoms with Crippen molar-refractivity contribution in [3.8, 4) is 0 Å². The van der Waals surface area contributed by atoms with Crippen LogP contribution in [-0.2, 0) is 16.8 Å². The van der Waals surface area contributed by atoms with E-state index in [1.165, 1.54) is 29.7 Å². The predicted octanol–water partition coefficient (Wildman–Crippen LogP) is 3.20. The fraction of sp³-hybridized carbons (Fsp3) is 0.588. The van der Waals surface area contributed by atoms with Crippen molar-refractivity contribution in [1.29, 1.82) is 0 Å². The first-order valence-electron chi connectivity index (χ1n) is 7.73. The molecule has 2 aliphatic rings. The summed E-state index contributed by atoms with van der Waals surface area (Å²) in [5, 5.41) is 6.69. The summed E-state index contributed by atoms with van der Waals surface area (Å²) in [6.07, 6.45) is 5.39. The number of hydrogen-bond acceptors (Lipinski definition) is 2. The SMILES string of the molecule is CC(C)(NC(=O)CC1CC1)c1cccc2c1CCCN2. The van der Waals surface area contributed by atoms with Crippen molar-refractivity contribution in [1.82, 2.24) is 5.32 Å². The van der Waals surface area contributed by atoms with Crippen molar-refractivity contribution < 1.29 is 4.79 Å². The van der Waals surface area contributed by atoms with Gasteiger partial charge in [-0.3, -0.25) is 4.79 Å². The molecule has 0 aromatic heterocycles. The molecule has 1 aliphatic carbocycles. The third kappa shape index (κ3) is 2.82. The number of amides is 1. The van der Waals surface area contributed by atoms with Crippen LogP contribution >= 0.6 is 0 Å². The third-order valence-corrected chi connectivity index (χ3v) is 4.39. The van der Waals surface area contributed by atoms with Crippen LogP contribution in [0.3, 0.4) is 0 Å². The predicted molar refractivity (Wildman–Crippen MR) is 81.8 cm³/mol. The summed E-state index contributed by atoms with van der Waals surface area (Å²) in [7, 11) is 0. The van der Waals surface area contributed by atoms with Gasteiger partial charge in [-0.2, -0.15) is 0 Å². The molecule has 0 saturated heterocycles. The van der Waals surface area contributed by atoms with Gasteiger partial charge in [0, 0.05) is 18.7 Å². The Balaban J connectivity index is 1.80. The molecule has 3 heteroatoms. The second kappa shape index (κ2) is 5.12. The molecule has 0 unspecified atom stereocenters. The largest absolute Gasteiger partial charge is 0.385 e. The first kappa shape index (κ1) is 13.5. The highest BCUT2D eigenvalue weighted by molar-refractivity contribution is 5.77. The molecule has 1 aliphatic heterocycles. The molecule has 1 heterocycles. The van der Waals surface area contributed by atoms with E-state index in [0.717, 1.165) is 19.4 Å². The van der Waals surface area contributed by atoms with Gasteiger partial charge in [0.15, 0.2) is 0 Å². The van der Waals surface area contributed by atoms with Crippen molar-refractivity contribution in [3.63, 3.8) is 0 Å². The van der Waals surface area contributed by atoms with Crippen LogP contribution < -0.4 is 10.6 Å². The van der Waals surface area contributed by atoms with Gasteiger partial charge in [0.05, 0.1) is 5.54 Å². The van der Waals surface area contributed by atoms with Crippen LogP contribution in [0.1, 0.15) is 50.7 Å². The molecule has 3 rings (SSSR count). The summed E-state index contributed by atoms with van der Waals surface area (Å²) in [6, 6.07) is 6.38. The highest BCUT2D eigenvalue weighted by Gasteiger charge is 2.30. The zero-order valence-electron chi connectivity index (χ0n) is 12.5. The Morgan fingerprint density at radius 3 is 2.95 bits per heavy atom. The molecule has 0 atom stereocenters. The van der Waals surface area contributed by atoms with Gasteiger partial charge in [-0.1, -0.05) is 12.1 Å². The Morgan fingerprint density at radius 2 is 2.20 bits per heavy atom. The molecule has 20 heavy (non-hydrogen) atoms. The molecule has 0 radical (unpaired) electrons.